The molecule has 8 heteroatoms. The zero-order valence-electron chi connectivity index (χ0n) is 14.7. The second-order valence-electron chi connectivity index (χ2n) is 6.03. The van der Waals surface area contributed by atoms with Crippen molar-refractivity contribution in [2.75, 3.05) is 32.5 Å². The summed E-state index contributed by atoms with van der Waals surface area (Å²) in [4.78, 5) is 6.41. The Morgan fingerprint density at radius 3 is 2.54 bits per heavy atom. The van der Waals surface area contributed by atoms with Crippen molar-refractivity contribution in [1.29, 1.82) is 0 Å². The number of sulfone groups is 1. The second-order valence-corrected chi connectivity index (χ2v) is 7.90. The highest BCUT2D eigenvalue weighted by Crippen LogP contribution is 2.32. The Hall–Kier alpha value is -2.58. The maximum atomic E-state index is 13.0. The summed E-state index contributed by atoms with van der Waals surface area (Å²) < 4.78 is 36.9. The Morgan fingerprint density at radius 1 is 1.12 bits per heavy atom. The van der Waals surface area contributed by atoms with Gasteiger partial charge in [-0.15, -0.1) is 0 Å². The molecule has 0 aliphatic heterocycles. The van der Waals surface area contributed by atoms with E-state index in [4.69, 9.17) is 8.83 Å². The molecule has 26 heavy (non-hydrogen) atoms. The number of nitrogens with one attached hydrogen (secondary N) is 1. The first-order valence-electron chi connectivity index (χ1n) is 8.22. The molecule has 0 atom stereocenters. The number of aromatic nitrogens is 1. The number of hydrogen-bond donors (Lipinski definition) is 1. The van der Waals surface area contributed by atoms with E-state index in [-0.39, 0.29) is 21.7 Å². The maximum Gasteiger partial charge on any atom is 0.266 e. The first-order chi connectivity index (χ1) is 12.5. The molecule has 7 nitrogen and oxygen atoms in total. The molecule has 0 aliphatic rings. The first-order valence-corrected chi connectivity index (χ1v) is 9.70. The Balaban J connectivity index is 1.94. The molecule has 2 heterocycles. The molecule has 0 saturated heterocycles. The predicted octanol–water partition coefficient (Wildman–Crippen LogP) is 3.13. The lowest BCUT2D eigenvalue weighted by Crippen LogP contribution is -2.17. The highest BCUT2D eigenvalue weighted by molar-refractivity contribution is 7.91. The number of oxazole rings is 1. The molecule has 1 aromatic carbocycles. The molecule has 3 aromatic rings. The number of anilines is 1. The van der Waals surface area contributed by atoms with E-state index in [1.807, 2.05) is 14.1 Å². The van der Waals surface area contributed by atoms with Crippen LogP contribution >= 0.6 is 0 Å². The summed E-state index contributed by atoms with van der Waals surface area (Å²) in [6, 6.07) is 11.5. The van der Waals surface area contributed by atoms with Crippen molar-refractivity contribution in [3.8, 4) is 11.7 Å². The molecule has 0 unspecified atom stereocenters. The standard InChI is InChI=1S/C18H21N3O4S/c1-21(2)12-7-11-19-17-18(20-16(25-17)15-10-6-13-24-15)26(22,23)14-8-4-3-5-9-14/h3-6,8-10,13,19H,7,11-12H2,1-2H3. The third kappa shape index (κ3) is 3.97. The van der Waals surface area contributed by atoms with Crippen LogP contribution < -0.4 is 5.32 Å². The van der Waals surface area contributed by atoms with Crippen LogP contribution in [-0.2, 0) is 9.84 Å². The molecule has 0 saturated carbocycles. The number of nitrogens with zero attached hydrogens (tertiary/aromatic N) is 2. The summed E-state index contributed by atoms with van der Waals surface area (Å²) in [7, 11) is 0.149. The van der Waals surface area contributed by atoms with Gasteiger partial charge >= 0.3 is 0 Å². The van der Waals surface area contributed by atoms with Gasteiger partial charge in [0.15, 0.2) is 5.76 Å². The summed E-state index contributed by atoms with van der Waals surface area (Å²) in [5, 5.41) is 2.91. The topological polar surface area (TPSA) is 88.6 Å². The summed E-state index contributed by atoms with van der Waals surface area (Å²) in [6.45, 7) is 1.43. The van der Waals surface area contributed by atoms with Crippen LogP contribution in [-0.4, -0.2) is 45.5 Å². The van der Waals surface area contributed by atoms with Gasteiger partial charge in [0, 0.05) is 6.54 Å². The van der Waals surface area contributed by atoms with Crippen LogP contribution in [0.2, 0.25) is 0 Å². The minimum atomic E-state index is -3.81. The summed E-state index contributed by atoms with van der Waals surface area (Å²) >= 11 is 0. The van der Waals surface area contributed by atoms with Crippen molar-refractivity contribution >= 4 is 15.7 Å². The lowest BCUT2D eigenvalue weighted by Gasteiger charge is -2.10. The normalized spacial score (nSPS) is 11.8. The number of furan rings is 1. The highest BCUT2D eigenvalue weighted by Gasteiger charge is 2.28. The average Bonchev–Trinajstić information content (AvgIpc) is 3.29. The molecule has 0 fully saturated rings. The van der Waals surface area contributed by atoms with Gasteiger partial charge in [0.25, 0.3) is 5.89 Å². The van der Waals surface area contributed by atoms with Gasteiger partial charge in [-0.1, -0.05) is 18.2 Å². The molecule has 0 aliphatic carbocycles. The van der Waals surface area contributed by atoms with E-state index in [1.54, 1.807) is 30.3 Å². The summed E-state index contributed by atoms with van der Waals surface area (Å²) in [5.41, 5.74) is 0. The zero-order valence-corrected chi connectivity index (χ0v) is 15.5. The summed E-state index contributed by atoms with van der Waals surface area (Å²) in [6.07, 6.45) is 2.31. The van der Waals surface area contributed by atoms with Crippen LogP contribution in [0.3, 0.4) is 0 Å². The maximum absolute atomic E-state index is 13.0. The largest absolute Gasteiger partial charge is 0.459 e. The van der Waals surface area contributed by atoms with Gasteiger partial charge in [0.1, 0.15) is 0 Å². The van der Waals surface area contributed by atoms with Gasteiger partial charge in [0.05, 0.1) is 11.2 Å². The lowest BCUT2D eigenvalue weighted by molar-refractivity contribution is 0.404. The van der Waals surface area contributed by atoms with Gasteiger partial charge in [-0.05, 0) is 51.3 Å². The molecule has 3 rings (SSSR count). The highest BCUT2D eigenvalue weighted by atomic mass is 32.2. The van der Waals surface area contributed by atoms with Gasteiger partial charge in [-0.2, -0.15) is 4.98 Å². The van der Waals surface area contributed by atoms with Crippen molar-refractivity contribution in [1.82, 2.24) is 9.88 Å². The predicted molar refractivity (Wildman–Crippen MR) is 97.8 cm³/mol. The smallest absolute Gasteiger partial charge is 0.266 e. The molecule has 0 spiro atoms. The van der Waals surface area contributed by atoms with E-state index in [9.17, 15) is 8.42 Å². The van der Waals surface area contributed by atoms with Crippen molar-refractivity contribution < 1.29 is 17.3 Å². The van der Waals surface area contributed by atoms with Crippen LogP contribution in [0.15, 0.2) is 67.5 Å². The Kier molecular flexibility index (Phi) is 5.43. The van der Waals surface area contributed by atoms with Crippen LogP contribution in [0.4, 0.5) is 5.88 Å². The summed E-state index contributed by atoms with van der Waals surface area (Å²) in [5.74, 6) is 0.620. The Bertz CT molecular complexity index is 932. The fourth-order valence-electron chi connectivity index (χ4n) is 2.41. The molecule has 0 bridgehead atoms. The molecule has 1 N–H and O–H groups in total. The van der Waals surface area contributed by atoms with E-state index < -0.39 is 9.84 Å². The van der Waals surface area contributed by atoms with Gasteiger partial charge < -0.3 is 19.1 Å². The van der Waals surface area contributed by atoms with Crippen molar-refractivity contribution in [3.05, 3.63) is 48.7 Å². The van der Waals surface area contributed by atoms with Crippen molar-refractivity contribution in [2.45, 2.75) is 16.3 Å². The van der Waals surface area contributed by atoms with E-state index in [2.05, 4.69) is 15.2 Å². The van der Waals surface area contributed by atoms with Gasteiger partial charge in [0.2, 0.25) is 20.7 Å². The fraction of sp³-hybridized carbons (Fsp3) is 0.278. The quantitative estimate of drug-likeness (QED) is 0.605. The van der Waals surface area contributed by atoms with Gasteiger partial charge in [-0.25, -0.2) is 8.42 Å². The van der Waals surface area contributed by atoms with Crippen LogP contribution in [0.5, 0.6) is 0 Å². The Morgan fingerprint density at radius 2 is 1.88 bits per heavy atom. The molecule has 0 radical (unpaired) electrons. The van der Waals surface area contributed by atoms with E-state index in [0.717, 1.165) is 13.0 Å². The van der Waals surface area contributed by atoms with Crippen LogP contribution in [0.25, 0.3) is 11.7 Å². The second kappa shape index (κ2) is 7.76. The number of rotatable bonds is 8. The SMILES string of the molecule is CN(C)CCCNc1oc(-c2ccco2)nc1S(=O)(=O)c1ccccc1. The lowest BCUT2D eigenvalue weighted by atomic mass is 10.4. The third-order valence-electron chi connectivity index (χ3n) is 3.70. The zero-order chi connectivity index (χ0) is 18.6. The van der Waals surface area contributed by atoms with Gasteiger partial charge in [-0.3, -0.25) is 0 Å². The number of benzene rings is 1. The minimum absolute atomic E-state index is 0.124. The fourth-order valence-corrected chi connectivity index (χ4v) is 3.71. The van der Waals surface area contributed by atoms with E-state index >= 15 is 0 Å². The van der Waals surface area contributed by atoms with E-state index in [0.29, 0.717) is 12.3 Å². The van der Waals surface area contributed by atoms with Crippen LogP contribution in [0.1, 0.15) is 6.42 Å². The molecule has 138 valence electrons. The average molecular weight is 375 g/mol. The molecular formula is C18H21N3O4S. The minimum Gasteiger partial charge on any atom is -0.459 e. The molecule has 2 aromatic heterocycles. The number of hydrogen-bond acceptors (Lipinski definition) is 7. The monoisotopic (exact) mass is 375 g/mol. The Labute approximate surface area is 152 Å². The van der Waals surface area contributed by atoms with Crippen molar-refractivity contribution in [2.24, 2.45) is 0 Å². The van der Waals surface area contributed by atoms with E-state index in [1.165, 1.54) is 18.4 Å². The third-order valence-corrected chi connectivity index (χ3v) is 5.38. The first kappa shape index (κ1) is 18.2. The van der Waals surface area contributed by atoms with Crippen LogP contribution in [0, 0.1) is 0 Å². The molecule has 0 amide bonds. The molecular weight excluding hydrogens is 354 g/mol. The van der Waals surface area contributed by atoms with Crippen molar-refractivity contribution in [3.63, 3.8) is 0 Å².